The van der Waals surface area contributed by atoms with Gasteiger partial charge >= 0.3 is 5.69 Å². The molecule has 0 amide bonds. The van der Waals surface area contributed by atoms with E-state index < -0.39 is 0 Å². The Morgan fingerprint density at radius 1 is 1.00 bits per heavy atom. The van der Waals surface area contributed by atoms with Crippen LogP contribution in [-0.4, -0.2) is 24.9 Å². The lowest BCUT2D eigenvalue weighted by atomic mass is 10.2. The SMILES string of the molecule is Cc1cc(NCc2ccc3[nH]c(=O)[nH]c3c2)nc(-c2ccncc2)n1. The van der Waals surface area contributed by atoms with Crippen molar-refractivity contribution in [1.82, 2.24) is 24.9 Å². The Morgan fingerprint density at radius 3 is 2.64 bits per heavy atom. The van der Waals surface area contributed by atoms with Crippen LogP contribution >= 0.6 is 0 Å². The smallest absolute Gasteiger partial charge is 0.323 e. The summed E-state index contributed by atoms with van der Waals surface area (Å²) in [7, 11) is 0. The van der Waals surface area contributed by atoms with Crippen LogP contribution in [0.5, 0.6) is 0 Å². The summed E-state index contributed by atoms with van der Waals surface area (Å²) in [6, 6.07) is 11.5. The monoisotopic (exact) mass is 332 g/mol. The third kappa shape index (κ3) is 3.25. The molecule has 0 unspecified atom stereocenters. The minimum atomic E-state index is -0.200. The Kier molecular flexibility index (Phi) is 3.74. The van der Waals surface area contributed by atoms with Crippen molar-refractivity contribution in [2.75, 3.05) is 5.32 Å². The van der Waals surface area contributed by atoms with Crippen molar-refractivity contribution < 1.29 is 0 Å². The molecule has 4 rings (SSSR count). The van der Waals surface area contributed by atoms with E-state index in [9.17, 15) is 4.79 Å². The minimum absolute atomic E-state index is 0.200. The van der Waals surface area contributed by atoms with Crippen LogP contribution in [-0.2, 0) is 6.54 Å². The highest BCUT2D eigenvalue weighted by Gasteiger charge is 2.06. The van der Waals surface area contributed by atoms with Crippen molar-refractivity contribution in [2.45, 2.75) is 13.5 Å². The first-order valence-electron chi connectivity index (χ1n) is 7.88. The number of fused-ring (bicyclic) bond motifs is 1. The molecule has 3 N–H and O–H groups in total. The van der Waals surface area contributed by atoms with Crippen LogP contribution in [0, 0.1) is 6.92 Å². The lowest BCUT2D eigenvalue weighted by Gasteiger charge is -2.09. The van der Waals surface area contributed by atoms with Crippen molar-refractivity contribution in [1.29, 1.82) is 0 Å². The van der Waals surface area contributed by atoms with E-state index in [2.05, 4.69) is 30.2 Å². The minimum Gasteiger partial charge on any atom is -0.366 e. The molecule has 0 spiro atoms. The molecular formula is C18H16N6O. The van der Waals surface area contributed by atoms with E-state index in [0.717, 1.165) is 33.7 Å². The molecule has 0 fully saturated rings. The van der Waals surface area contributed by atoms with E-state index >= 15 is 0 Å². The van der Waals surface area contributed by atoms with Crippen LogP contribution < -0.4 is 11.0 Å². The molecule has 0 aliphatic carbocycles. The third-order valence-electron chi connectivity index (χ3n) is 3.85. The largest absolute Gasteiger partial charge is 0.366 e. The van der Waals surface area contributed by atoms with Crippen molar-refractivity contribution in [3.8, 4) is 11.4 Å². The fourth-order valence-corrected chi connectivity index (χ4v) is 2.67. The number of imidazole rings is 1. The molecule has 3 aromatic heterocycles. The van der Waals surface area contributed by atoms with Crippen LogP contribution in [0.25, 0.3) is 22.4 Å². The second-order valence-electron chi connectivity index (χ2n) is 5.77. The lowest BCUT2D eigenvalue weighted by Crippen LogP contribution is -2.04. The van der Waals surface area contributed by atoms with Crippen LogP contribution in [0.15, 0.2) is 53.6 Å². The summed E-state index contributed by atoms with van der Waals surface area (Å²) in [5.74, 6) is 1.41. The zero-order valence-corrected chi connectivity index (χ0v) is 13.6. The summed E-state index contributed by atoms with van der Waals surface area (Å²) in [5, 5.41) is 3.31. The Bertz CT molecular complexity index is 1080. The molecule has 4 aromatic rings. The second-order valence-corrected chi connectivity index (χ2v) is 5.77. The molecule has 3 heterocycles. The van der Waals surface area contributed by atoms with Crippen molar-refractivity contribution >= 4 is 16.9 Å². The average Bonchev–Trinajstić information content (AvgIpc) is 2.99. The first-order valence-corrected chi connectivity index (χ1v) is 7.88. The number of anilines is 1. The van der Waals surface area contributed by atoms with Crippen LogP contribution in [0.3, 0.4) is 0 Å². The number of hydrogen-bond acceptors (Lipinski definition) is 5. The Hall–Kier alpha value is -3.48. The molecule has 0 aliphatic rings. The molecule has 0 radical (unpaired) electrons. The maximum atomic E-state index is 11.3. The molecule has 0 aliphatic heterocycles. The Morgan fingerprint density at radius 2 is 1.80 bits per heavy atom. The molecule has 1 aromatic carbocycles. The van der Waals surface area contributed by atoms with Gasteiger partial charge in [0.1, 0.15) is 5.82 Å². The molecule has 7 heteroatoms. The van der Waals surface area contributed by atoms with Crippen LogP contribution in [0.1, 0.15) is 11.3 Å². The molecule has 0 bridgehead atoms. The molecule has 0 saturated carbocycles. The summed E-state index contributed by atoms with van der Waals surface area (Å²) in [5.41, 5.74) is 4.24. The maximum Gasteiger partial charge on any atom is 0.323 e. The fourth-order valence-electron chi connectivity index (χ4n) is 2.67. The Balaban J connectivity index is 1.57. The molecule has 25 heavy (non-hydrogen) atoms. The van der Waals surface area contributed by atoms with E-state index in [1.54, 1.807) is 12.4 Å². The number of H-pyrrole nitrogens is 2. The van der Waals surface area contributed by atoms with Gasteiger partial charge in [0, 0.05) is 36.3 Å². The zero-order valence-electron chi connectivity index (χ0n) is 13.6. The number of hydrogen-bond donors (Lipinski definition) is 3. The van der Waals surface area contributed by atoms with E-state index in [1.165, 1.54) is 0 Å². The molecule has 7 nitrogen and oxygen atoms in total. The first kappa shape index (κ1) is 15.1. The average molecular weight is 332 g/mol. The van der Waals surface area contributed by atoms with Gasteiger partial charge < -0.3 is 15.3 Å². The van der Waals surface area contributed by atoms with Gasteiger partial charge in [-0.15, -0.1) is 0 Å². The zero-order chi connectivity index (χ0) is 17.2. The van der Waals surface area contributed by atoms with Crippen LogP contribution in [0.2, 0.25) is 0 Å². The second kappa shape index (κ2) is 6.20. The number of aromatic nitrogens is 5. The first-order chi connectivity index (χ1) is 12.2. The van der Waals surface area contributed by atoms with Gasteiger partial charge in [0.05, 0.1) is 11.0 Å². The van der Waals surface area contributed by atoms with Crippen molar-refractivity contribution in [3.05, 3.63) is 70.5 Å². The van der Waals surface area contributed by atoms with Gasteiger partial charge in [-0.1, -0.05) is 6.07 Å². The van der Waals surface area contributed by atoms with Crippen molar-refractivity contribution in [2.24, 2.45) is 0 Å². The maximum absolute atomic E-state index is 11.3. The standard InChI is InChI=1S/C18H16N6O/c1-11-8-16(24-17(21-11)13-4-6-19-7-5-13)20-10-12-2-3-14-15(9-12)23-18(25)22-14/h2-9H,10H2,1H3,(H,20,21,24)(H2,22,23,25). The van der Waals surface area contributed by atoms with Gasteiger partial charge in [0.2, 0.25) is 0 Å². The summed E-state index contributed by atoms with van der Waals surface area (Å²) in [4.78, 5) is 29.9. The number of nitrogens with one attached hydrogen (secondary N) is 3. The molecular weight excluding hydrogens is 316 g/mol. The van der Waals surface area contributed by atoms with Gasteiger partial charge in [0.15, 0.2) is 5.82 Å². The fraction of sp³-hybridized carbons (Fsp3) is 0.111. The van der Waals surface area contributed by atoms with Gasteiger partial charge in [-0.25, -0.2) is 14.8 Å². The van der Waals surface area contributed by atoms with Gasteiger partial charge in [-0.05, 0) is 36.8 Å². The number of aromatic amines is 2. The summed E-state index contributed by atoms with van der Waals surface area (Å²) in [6.45, 7) is 2.53. The molecule has 124 valence electrons. The number of aryl methyl sites for hydroxylation is 1. The van der Waals surface area contributed by atoms with Crippen LogP contribution in [0.4, 0.5) is 5.82 Å². The predicted molar refractivity (Wildman–Crippen MR) is 96.2 cm³/mol. The van der Waals surface area contributed by atoms with E-state index in [4.69, 9.17) is 0 Å². The topological polar surface area (TPSA) is 99.3 Å². The van der Waals surface area contributed by atoms with E-state index in [1.807, 2.05) is 43.3 Å². The lowest BCUT2D eigenvalue weighted by molar-refractivity contribution is 1.06. The Labute approximate surface area is 143 Å². The number of pyridine rings is 1. The normalized spacial score (nSPS) is 10.9. The quantitative estimate of drug-likeness (QED) is 0.533. The van der Waals surface area contributed by atoms with Gasteiger partial charge in [-0.3, -0.25) is 4.98 Å². The van der Waals surface area contributed by atoms with E-state index in [0.29, 0.717) is 12.4 Å². The summed E-state index contributed by atoms with van der Waals surface area (Å²) >= 11 is 0. The van der Waals surface area contributed by atoms with E-state index in [-0.39, 0.29) is 5.69 Å². The highest BCUT2D eigenvalue weighted by Crippen LogP contribution is 2.18. The van der Waals surface area contributed by atoms with Gasteiger partial charge in [0.25, 0.3) is 0 Å². The van der Waals surface area contributed by atoms with Gasteiger partial charge in [-0.2, -0.15) is 0 Å². The highest BCUT2D eigenvalue weighted by atomic mass is 16.1. The summed E-state index contributed by atoms with van der Waals surface area (Å²) < 4.78 is 0. The molecule has 0 saturated heterocycles. The number of rotatable bonds is 4. The third-order valence-corrected chi connectivity index (χ3v) is 3.85. The summed E-state index contributed by atoms with van der Waals surface area (Å²) in [6.07, 6.45) is 3.45. The molecule has 0 atom stereocenters. The highest BCUT2D eigenvalue weighted by molar-refractivity contribution is 5.75. The number of nitrogens with zero attached hydrogens (tertiary/aromatic N) is 3. The van der Waals surface area contributed by atoms with Crippen molar-refractivity contribution in [3.63, 3.8) is 0 Å². The predicted octanol–water partition coefficient (Wildman–Crippen LogP) is 2.63. The number of benzene rings is 1.